The first-order valence-electron chi connectivity index (χ1n) is 7.08. The first kappa shape index (κ1) is 12.4. The highest BCUT2D eigenvalue weighted by Crippen LogP contribution is 2.35. The Morgan fingerprint density at radius 2 is 1.95 bits per heavy atom. The van der Waals surface area contributed by atoms with Crippen LogP contribution in [0.2, 0.25) is 0 Å². The number of carbonyl (C=O) groups excluding carboxylic acids is 1. The smallest absolute Gasteiger partial charge is 0.246 e. The Morgan fingerprint density at radius 3 is 2.63 bits per heavy atom. The van der Waals surface area contributed by atoms with Gasteiger partial charge in [0.05, 0.1) is 6.04 Å². The van der Waals surface area contributed by atoms with Crippen LogP contribution in [-0.2, 0) is 11.3 Å². The Balaban J connectivity index is 1.89. The number of hydrogen-bond acceptors (Lipinski definition) is 3. The molecule has 1 fully saturated rings. The summed E-state index contributed by atoms with van der Waals surface area (Å²) in [5.74, 6) is 2.59. The molecule has 19 heavy (non-hydrogen) atoms. The maximum absolute atomic E-state index is 11.8. The minimum absolute atomic E-state index is 0.0121. The highest BCUT2D eigenvalue weighted by atomic mass is 16.2. The van der Waals surface area contributed by atoms with Crippen LogP contribution in [0.3, 0.4) is 0 Å². The van der Waals surface area contributed by atoms with Crippen molar-refractivity contribution >= 4 is 5.91 Å². The Hall–Kier alpha value is -1.65. The molecule has 1 unspecified atom stereocenters. The van der Waals surface area contributed by atoms with E-state index in [2.05, 4.69) is 21.3 Å². The number of aromatic nitrogens is 3. The summed E-state index contributed by atoms with van der Waals surface area (Å²) in [6, 6.07) is -0.0121. The summed E-state index contributed by atoms with van der Waals surface area (Å²) in [6.45, 7) is 7.10. The molecule has 1 saturated carbocycles. The Kier molecular flexibility index (Phi) is 3.12. The van der Waals surface area contributed by atoms with Gasteiger partial charge in [0.25, 0.3) is 0 Å². The molecule has 5 nitrogen and oxygen atoms in total. The fourth-order valence-corrected chi connectivity index (χ4v) is 3.31. The lowest BCUT2D eigenvalue weighted by Crippen LogP contribution is -2.40. The summed E-state index contributed by atoms with van der Waals surface area (Å²) in [7, 11) is 0. The van der Waals surface area contributed by atoms with E-state index in [0.29, 0.717) is 5.92 Å². The fraction of sp³-hybridized carbons (Fsp3) is 0.643. The zero-order chi connectivity index (χ0) is 13.4. The molecule has 0 bridgehead atoms. The van der Waals surface area contributed by atoms with Gasteiger partial charge >= 0.3 is 0 Å². The van der Waals surface area contributed by atoms with Crippen molar-refractivity contribution in [3.05, 3.63) is 24.3 Å². The number of carbonyl (C=O) groups is 1. The molecule has 1 amide bonds. The quantitative estimate of drug-likeness (QED) is 0.764. The second kappa shape index (κ2) is 4.79. The lowest BCUT2D eigenvalue weighted by atomic mass is 10.1. The van der Waals surface area contributed by atoms with Crippen LogP contribution in [0.1, 0.15) is 56.2 Å². The normalized spacial score (nSPS) is 23.4. The monoisotopic (exact) mass is 260 g/mol. The van der Waals surface area contributed by atoms with Crippen molar-refractivity contribution in [1.82, 2.24) is 19.7 Å². The topological polar surface area (TPSA) is 51.0 Å². The molecule has 2 aliphatic rings. The van der Waals surface area contributed by atoms with E-state index >= 15 is 0 Å². The van der Waals surface area contributed by atoms with Gasteiger partial charge in [-0.15, -0.1) is 10.2 Å². The number of nitrogens with zero attached hydrogens (tertiary/aromatic N) is 4. The highest BCUT2D eigenvalue weighted by molar-refractivity contribution is 5.87. The van der Waals surface area contributed by atoms with Crippen LogP contribution >= 0.6 is 0 Å². The van der Waals surface area contributed by atoms with E-state index in [9.17, 15) is 4.79 Å². The van der Waals surface area contributed by atoms with Gasteiger partial charge in [0.2, 0.25) is 5.91 Å². The Labute approximate surface area is 113 Å². The molecule has 0 N–H and O–H groups in total. The van der Waals surface area contributed by atoms with Crippen molar-refractivity contribution in [3.8, 4) is 0 Å². The molecule has 1 aliphatic carbocycles. The molecule has 2 heterocycles. The van der Waals surface area contributed by atoms with E-state index in [4.69, 9.17) is 0 Å². The summed E-state index contributed by atoms with van der Waals surface area (Å²) >= 11 is 0. The van der Waals surface area contributed by atoms with Gasteiger partial charge in [-0.2, -0.15) is 0 Å². The van der Waals surface area contributed by atoms with Gasteiger partial charge in [-0.25, -0.2) is 0 Å². The number of amides is 1. The zero-order valence-electron chi connectivity index (χ0n) is 11.4. The minimum Gasteiger partial charge on any atom is -0.327 e. The van der Waals surface area contributed by atoms with Crippen molar-refractivity contribution in [2.45, 2.75) is 51.1 Å². The van der Waals surface area contributed by atoms with Crippen molar-refractivity contribution in [2.75, 3.05) is 6.54 Å². The summed E-state index contributed by atoms with van der Waals surface area (Å²) in [4.78, 5) is 13.6. The summed E-state index contributed by atoms with van der Waals surface area (Å²) in [5, 5.41) is 8.73. The zero-order valence-corrected chi connectivity index (χ0v) is 11.4. The molecule has 3 rings (SSSR count). The van der Waals surface area contributed by atoms with E-state index in [1.54, 1.807) is 0 Å². The van der Waals surface area contributed by atoms with E-state index in [-0.39, 0.29) is 11.9 Å². The largest absolute Gasteiger partial charge is 0.327 e. The summed E-state index contributed by atoms with van der Waals surface area (Å²) < 4.78 is 2.23. The van der Waals surface area contributed by atoms with Gasteiger partial charge in [-0.05, 0) is 25.8 Å². The summed E-state index contributed by atoms with van der Waals surface area (Å²) in [5.41, 5.74) is 0. The van der Waals surface area contributed by atoms with Gasteiger partial charge in [0.15, 0.2) is 5.82 Å². The van der Waals surface area contributed by atoms with Crippen LogP contribution in [0.25, 0.3) is 0 Å². The van der Waals surface area contributed by atoms with Gasteiger partial charge in [-0.1, -0.05) is 19.4 Å². The molecule has 1 aromatic rings. The van der Waals surface area contributed by atoms with E-state index in [0.717, 1.165) is 24.7 Å². The minimum atomic E-state index is -0.0239. The van der Waals surface area contributed by atoms with Crippen LogP contribution in [0.4, 0.5) is 0 Å². The molecular weight excluding hydrogens is 240 g/mol. The van der Waals surface area contributed by atoms with E-state index in [1.807, 2.05) is 11.8 Å². The first-order chi connectivity index (χ1) is 9.22. The molecule has 1 aliphatic heterocycles. The maximum atomic E-state index is 11.8. The van der Waals surface area contributed by atoms with Crippen molar-refractivity contribution in [3.63, 3.8) is 0 Å². The van der Waals surface area contributed by atoms with Crippen molar-refractivity contribution < 1.29 is 4.79 Å². The van der Waals surface area contributed by atoms with Crippen LogP contribution < -0.4 is 0 Å². The van der Waals surface area contributed by atoms with E-state index in [1.165, 1.54) is 31.8 Å². The molecular formula is C14H20N4O. The first-order valence-corrected chi connectivity index (χ1v) is 7.08. The molecule has 0 spiro atoms. The fourth-order valence-electron chi connectivity index (χ4n) is 3.31. The lowest BCUT2D eigenvalue weighted by Gasteiger charge is -2.33. The average molecular weight is 260 g/mol. The average Bonchev–Trinajstić information content (AvgIpc) is 3.06. The third-order valence-electron chi connectivity index (χ3n) is 4.39. The summed E-state index contributed by atoms with van der Waals surface area (Å²) in [6.07, 6.45) is 6.41. The number of rotatable bonds is 2. The van der Waals surface area contributed by atoms with Gasteiger partial charge in [0.1, 0.15) is 5.82 Å². The van der Waals surface area contributed by atoms with Crippen LogP contribution in [0.15, 0.2) is 12.7 Å². The van der Waals surface area contributed by atoms with Gasteiger partial charge in [0, 0.05) is 19.0 Å². The molecule has 0 aromatic carbocycles. The third kappa shape index (κ3) is 1.97. The standard InChI is InChI=1S/C14H20N4O/c1-3-12(19)17-8-9-18-13(10(17)2)15-16-14(18)11-6-4-5-7-11/h3,10-11H,1,4-9H2,2H3. The lowest BCUT2D eigenvalue weighted by molar-refractivity contribution is -0.129. The predicted molar refractivity (Wildman–Crippen MR) is 71.6 cm³/mol. The van der Waals surface area contributed by atoms with Crippen molar-refractivity contribution in [2.24, 2.45) is 0 Å². The Morgan fingerprint density at radius 1 is 1.26 bits per heavy atom. The molecule has 1 atom stereocenters. The second-order valence-corrected chi connectivity index (χ2v) is 5.46. The SMILES string of the molecule is C=CC(=O)N1CCn2c(C3CCCC3)nnc2C1C. The molecule has 0 radical (unpaired) electrons. The van der Waals surface area contributed by atoms with Gasteiger partial charge < -0.3 is 9.47 Å². The van der Waals surface area contributed by atoms with Crippen molar-refractivity contribution in [1.29, 1.82) is 0 Å². The third-order valence-corrected chi connectivity index (χ3v) is 4.39. The molecule has 1 aromatic heterocycles. The Bertz CT molecular complexity index is 502. The van der Waals surface area contributed by atoms with Crippen LogP contribution in [0, 0.1) is 0 Å². The van der Waals surface area contributed by atoms with E-state index < -0.39 is 0 Å². The van der Waals surface area contributed by atoms with Gasteiger partial charge in [-0.3, -0.25) is 4.79 Å². The predicted octanol–water partition coefficient (Wildman–Crippen LogP) is 2.02. The van der Waals surface area contributed by atoms with Crippen LogP contribution in [0.5, 0.6) is 0 Å². The maximum Gasteiger partial charge on any atom is 0.246 e. The molecule has 5 heteroatoms. The highest BCUT2D eigenvalue weighted by Gasteiger charge is 2.32. The molecule has 0 saturated heterocycles. The number of hydrogen-bond donors (Lipinski definition) is 0. The number of fused-ring (bicyclic) bond motifs is 1. The van der Waals surface area contributed by atoms with Crippen LogP contribution in [-0.4, -0.2) is 32.1 Å². The second-order valence-electron chi connectivity index (χ2n) is 5.46. The molecule has 102 valence electrons.